The lowest BCUT2D eigenvalue weighted by molar-refractivity contribution is 0.0739. The van der Waals surface area contributed by atoms with Crippen LogP contribution in [-0.4, -0.2) is 64.9 Å². The van der Waals surface area contributed by atoms with Gasteiger partial charge in [0.05, 0.1) is 0 Å². The molecule has 1 N–H and O–H groups in total. The number of hydrogen-bond donors (Lipinski definition) is 1. The molecule has 2 fully saturated rings. The van der Waals surface area contributed by atoms with Crippen molar-refractivity contribution in [2.45, 2.75) is 39.2 Å². The van der Waals surface area contributed by atoms with Gasteiger partial charge in [-0.25, -0.2) is 4.98 Å². The Morgan fingerprint density at radius 3 is 2.41 bits per heavy atom. The van der Waals surface area contributed by atoms with Crippen LogP contribution in [0.4, 0.5) is 5.13 Å². The number of carbonyl (C=O) groups is 1. The smallest absolute Gasteiger partial charge is 0.270 e. The summed E-state index contributed by atoms with van der Waals surface area (Å²) in [5.41, 5.74) is 7.33. The van der Waals surface area contributed by atoms with E-state index in [4.69, 9.17) is 0 Å². The lowest BCUT2D eigenvalue weighted by Crippen LogP contribution is -2.49. The molecular weight excluding hydrogens is 478 g/mol. The Kier molecular flexibility index (Phi) is 6.74. The highest BCUT2D eigenvalue weighted by atomic mass is 32.1. The quantitative estimate of drug-likeness (QED) is 0.378. The molecule has 0 radical (unpaired) electrons. The molecule has 2 saturated heterocycles. The number of piperidine rings is 1. The van der Waals surface area contributed by atoms with Gasteiger partial charge in [-0.05, 0) is 68.5 Å². The third kappa shape index (κ3) is 4.78. The molecule has 6 rings (SSSR count). The fourth-order valence-electron chi connectivity index (χ4n) is 6.25. The molecule has 0 unspecified atom stereocenters. The second-order valence-corrected chi connectivity index (χ2v) is 11.3. The van der Waals surface area contributed by atoms with Crippen LogP contribution in [0.25, 0.3) is 10.9 Å². The molecule has 7 heteroatoms. The van der Waals surface area contributed by atoms with Crippen LogP contribution >= 0.6 is 11.3 Å². The number of hydrogen-bond acceptors (Lipinski definition) is 5. The summed E-state index contributed by atoms with van der Waals surface area (Å²) >= 11 is 1.66. The molecule has 4 heterocycles. The second kappa shape index (κ2) is 10.3. The maximum absolute atomic E-state index is 13.8. The minimum absolute atomic E-state index is 0.121. The van der Waals surface area contributed by atoms with Crippen molar-refractivity contribution in [2.75, 3.05) is 44.2 Å². The van der Waals surface area contributed by atoms with Crippen LogP contribution in [0.5, 0.6) is 0 Å². The van der Waals surface area contributed by atoms with Gasteiger partial charge in [-0.15, -0.1) is 11.3 Å². The van der Waals surface area contributed by atoms with E-state index >= 15 is 0 Å². The van der Waals surface area contributed by atoms with Gasteiger partial charge in [-0.2, -0.15) is 0 Å². The van der Waals surface area contributed by atoms with Crippen LogP contribution in [0, 0.1) is 13.8 Å². The van der Waals surface area contributed by atoms with E-state index in [1.54, 1.807) is 16.9 Å². The minimum atomic E-state index is 0.121. The van der Waals surface area contributed by atoms with E-state index in [1.807, 2.05) is 22.5 Å². The summed E-state index contributed by atoms with van der Waals surface area (Å²) in [6, 6.07) is 15.0. The number of anilines is 1. The van der Waals surface area contributed by atoms with Gasteiger partial charge in [0.1, 0.15) is 5.69 Å². The Labute approximate surface area is 222 Å². The summed E-state index contributed by atoms with van der Waals surface area (Å²) in [6.45, 7) is 10.5. The highest BCUT2D eigenvalue weighted by Crippen LogP contribution is 2.34. The first-order valence-electron chi connectivity index (χ1n) is 13.4. The van der Waals surface area contributed by atoms with Crippen molar-refractivity contribution in [1.82, 2.24) is 19.8 Å². The van der Waals surface area contributed by atoms with Crippen LogP contribution in [0.1, 0.15) is 51.5 Å². The van der Waals surface area contributed by atoms with Crippen molar-refractivity contribution in [3.8, 4) is 0 Å². The molecule has 6 nitrogen and oxygen atoms in total. The van der Waals surface area contributed by atoms with Gasteiger partial charge >= 0.3 is 0 Å². The highest BCUT2D eigenvalue weighted by Gasteiger charge is 2.29. The summed E-state index contributed by atoms with van der Waals surface area (Å²) in [6.07, 6.45) is 4.17. The van der Waals surface area contributed by atoms with Crippen molar-refractivity contribution in [3.63, 3.8) is 0 Å². The number of benzene rings is 2. The van der Waals surface area contributed by atoms with Crippen molar-refractivity contribution in [1.29, 1.82) is 0 Å². The molecule has 0 saturated carbocycles. The number of rotatable bonds is 5. The number of amides is 1. The molecule has 2 aromatic carbocycles. The SMILES string of the molecule is Cc1cccc(C)c1C1CCN(Cc2c(C(=O)N3CCN(c4nccs4)CC3)[nH]c3ccccc23)CC1. The first-order chi connectivity index (χ1) is 18.1. The molecule has 192 valence electrons. The number of thiazole rings is 1. The number of aryl methyl sites for hydroxylation is 2. The highest BCUT2D eigenvalue weighted by molar-refractivity contribution is 7.13. The molecule has 2 aliphatic heterocycles. The van der Waals surface area contributed by atoms with Crippen molar-refractivity contribution < 1.29 is 4.79 Å². The molecule has 1 amide bonds. The summed E-state index contributed by atoms with van der Waals surface area (Å²) in [5.74, 6) is 0.742. The Morgan fingerprint density at radius 1 is 0.973 bits per heavy atom. The number of carbonyl (C=O) groups excluding carboxylic acids is 1. The number of nitrogens with one attached hydrogen (secondary N) is 1. The summed E-state index contributed by atoms with van der Waals surface area (Å²) < 4.78 is 0. The van der Waals surface area contributed by atoms with E-state index in [2.05, 4.69) is 70.0 Å². The Hall–Kier alpha value is -3.16. The number of aromatic nitrogens is 2. The molecule has 37 heavy (non-hydrogen) atoms. The van der Waals surface area contributed by atoms with Gasteiger partial charge in [0.25, 0.3) is 5.91 Å². The van der Waals surface area contributed by atoms with Crippen LogP contribution in [0.2, 0.25) is 0 Å². The van der Waals surface area contributed by atoms with Gasteiger partial charge < -0.3 is 14.8 Å². The van der Waals surface area contributed by atoms with E-state index < -0.39 is 0 Å². The van der Waals surface area contributed by atoms with E-state index in [1.165, 1.54) is 16.5 Å². The van der Waals surface area contributed by atoms with Gasteiger partial charge in [0.15, 0.2) is 5.13 Å². The first kappa shape index (κ1) is 24.2. The van der Waals surface area contributed by atoms with E-state index in [9.17, 15) is 4.79 Å². The van der Waals surface area contributed by atoms with Crippen molar-refractivity contribution in [2.24, 2.45) is 0 Å². The standard InChI is InChI=1S/C30H35N5OS/c1-21-6-5-7-22(2)27(21)23-10-13-33(14-11-23)20-25-24-8-3-4-9-26(24)32-28(25)29(36)34-15-17-35(18-16-34)30-31-12-19-37-30/h3-9,12,19,23,32H,10-11,13-18,20H2,1-2H3. The Morgan fingerprint density at radius 2 is 1.70 bits per heavy atom. The van der Waals surface area contributed by atoms with Gasteiger partial charge in [0, 0.05) is 60.8 Å². The summed E-state index contributed by atoms with van der Waals surface area (Å²) in [5, 5.41) is 4.22. The largest absolute Gasteiger partial charge is 0.350 e. The summed E-state index contributed by atoms with van der Waals surface area (Å²) in [4.78, 5) is 28.5. The predicted molar refractivity (Wildman–Crippen MR) is 152 cm³/mol. The third-order valence-electron chi connectivity index (χ3n) is 8.20. The molecule has 0 spiro atoms. The van der Waals surface area contributed by atoms with E-state index in [0.29, 0.717) is 19.0 Å². The second-order valence-electron chi connectivity index (χ2n) is 10.5. The van der Waals surface area contributed by atoms with Gasteiger partial charge in [-0.3, -0.25) is 9.69 Å². The zero-order valence-electron chi connectivity index (χ0n) is 21.7. The van der Waals surface area contributed by atoms with Crippen LogP contribution in [0.3, 0.4) is 0 Å². The molecular formula is C30H35N5OS. The van der Waals surface area contributed by atoms with Crippen LogP contribution in [-0.2, 0) is 6.54 Å². The molecule has 2 aromatic heterocycles. The number of H-pyrrole nitrogens is 1. The van der Waals surface area contributed by atoms with Crippen molar-refractivity contribution in [3.05, 3.63) is 82.0 Å². The predicted octanol–water partition coefficient (Wildman–Crippen LogP) is 5.58. The Balaban J connectivity index is 1.18. The average Bonchev–Trinajstić information content (AvgIpc) is 3.58. The number of likely N-dealkylation sites (tertiary alicyclic amines) is 1. The zero-order valence-corrected chi connectivity index (χ0v) is 22.6. The van der Waals surface area contributed by atoms with Gasteiger partial charge in [0.2, 0.25) is 0 Å². The zero-order chi connectivity index (χ0) is 25.4. The molecule has 0 aliphatic carbocycles. The van der Waals surface area contributed by atoms with Crippen LogP contribution in [0.15, 0.2) is 54.0 Å². The van der Waals surface area contributed by atoms with Gasteiger partial charge in [-0.1, -0.05) is 36.4 Å². The first-order valence-corrected chi connectivity index (χ1v) is 14.3. The topological polar surface area (TPSA) is 55.5 Å². The average molecular weight is 514 g/mol. The monoisotopic (exact) mass is 513 g/mol. The van der Waals surface area contributed by atoms with E-state index in [0.717, 1.165) is 67.5 Å². The van der Waals surface area contributed by atoms with Crippen LogP contribution < -0.4 is 4.90 Å². The molecule has 0 bridgehead atoms. The minimum Gasteiger partial charge on any atom is -0.350 e. The lowest BCUT2D eigenvalue weighted by Gasteiger charge is -2.35. The molecule has 0 atom stereocenters. The molecule has 2 aliphatic rings. The number of aromatic amines is 1. The lowest BCUT2D eigenvalue weighted by atomic mass is 9.84. The normalized spacial score (nSPS) is 17.6. The van der Waals surface area contributed by atoms with Crippen molar-refractivity contribution >= 4 is 33.3 Å². The number of piperazine rings is 1. The maximum Gasteiger partial charge on any atom is 0.270 e. The fourth-order valence-corrected chi connectivity index (χ4v) is 6.95. The number of para-hydroxylation sites is 1. The third-order valence-corrected chi connectivity index (χ3v) is 9.04. The molecule has 4 aromatic rings. The Bertz CT molecular complexity index is 1360. The fraction of sp³-hybridized carbons (Fsp3) is 0.400. The number of nitrogens with zero attached hydrogens (tertiary/aromatic N) is 4. The maximum atomic E-state index is 13.8. The number of fused-ring (bicyclic) bond motifs is 1. The summed E-state index contributed by atoms with van der Waals surface area (Å²) in [7, 11) is 0. The van der Waals surface area contributed by atoms with E-state index in [-0.39, 0.29) is 5.91 Å².